The number of nitrogens with zero attached hydrogens (tertiary/aromatic N) is 6. The molecule has 2 aliphatic rings. The fourth-order valence-corrected chi connectivity index (χ4v) is 4.00. The van der Waals surface area contributed by atoms with Crippen molar-refractivity contribution in [3.8, 4) is 0 Å². The molecular formula is C21H38IN7O. The molecule has 1 amide bonds. The molecule has 2 fully saturated rings. The van der Waals surface area contributed by atoms with Crippen molar-refractivity contribution in [3.63, 3.8) is 0 Å². The minimum absolute atomic E-state index is 0. The highest BCUT2D eigenvalue weighted by atomic mass is 127. The predicted octanol–water partition coefficient (Wildman–Crippen LogP) is 1.80. The van der Waals surface area contributed by atoms with Crippen molar-refractivity contribution in [3.05, 3.63) is 18.0 Å². The summed E-state index contributed by atoms with van der Waals surface area (Å²) >= 11 is 0. The second kappa shape index (κ2) is 13.1. The van der Waals surface area contributed by atoms with Crippen molar-refractivity contribution < 1.29 is 4.79 Å². The van der Waals surface area contributed by atoms with Gasteiger partial charge >= 0.3 is 0 Å². The van der Waals surface area contributed by atoms with E-state index in [-0.39, 0.29) is 24.0 Å². The molecule has 3 heterocycles. The number of carbonyl (C=O) groups excluding carboxylic acids is 1. The van der Waals surface area contributed by atoms with E-state index in [0.717, 1.165) is 71.2 Å². The zero-order valence-corrected chi connectivity index (χ0v) is 20.9. The number of rotatable bonds is 6. The van der Waals surface area contributed by atoms with Crippen LogP contribution in [0.5, 0.6) is 0 Å². The van der Waals surface area contributed by atoms with Gasteiger partial charge in [-0.15, -0.1) is 24.0 Å². The molecule has 0 spiro atoms. The molecule has 0 aliphatic carbocycles. The highest BCUT2D eigenvalue weighted by Crippen LogP contribution is 2.11. The van der Waals surface area contributed by atoms with Gasteiger partial charge in [0.2, 0.25) is 5.91 Å². The van der Waals surface area contributed by atoms with Crippen molar-refractivity contribution in [1.29, 1.82) is 0 Å². The Balaban J connectivity index is 0.00000320. The van der Waals surface area contributed by atoms with Crippen LogP contribution in [0, 0.1) is 6.92 Å². The van der Waals surface area contributed by atoms with Gasteiger partial charge in [-0.2, -0.15) is 5.10 Å². The number of guanidine groups is 1. The molecule has 9 heteroatoms. The Bertz CT molecular complexity index is 662. The van der Waals surface area contributed by atoms with Gasteiger partial charge in [0.05, 0.1) is 25.8 Å². The van der Waals surface area contributed by atoms with Crippen LogP contribution in [0.1, 0.15) is 38.2 Å². The van der Waals surface area contributed by atoms with E-state index in [1.54, 1.807) is 0 Å². The molecule has 0 bridgehead atoms. The maximum atomic E-state index is 12.6. The van der Waals surface area contributed by atoms with Gasteiger partial charge in [-0.25, -0.2) is 0 Å². The molecule has 0 radical (unpaired) electrons. The van der Waals surface area contributed by atoms with Crippen LogP contribution in [-0.2, 0) is 11.3 Å². The lowest BCUT2D eigenvalue weighted by Gasteiger charge is -2.37. The summed E-state index contributed by atoms with van der Waals surface area (Å²) in [5, 5.41) is 7.73. The van der Waals surface area contributed by atoms with Crippen LogP contribution >= 0.6 is 24.0 Å². The molecule has 1 N–H and O–H groups in total. The Kier molecular flexibility index (Phi) is 10.9. The first-order valence-electron chi connectivity index (χ1n) is 11.2. The fourth-order valence-electron chi connectivity index (χ4n) is 4.00. The summed E-state index contributed by atoms with van der Waals surface area (Å²) in [4.78, 5) is 24.1. The summed E-state index contributed by atoms with van der Waals surface area (Å²) in [5.41, 5.74) is 1.17. The summed E-state index contributed by atoms with van der Waals surface area (Å²) in [6, 6.07) is 0. The lowest BCUT2D eigenvalue weighted by Crippen LogP contribution is -2.54. The van der Waals surface area contributed by atoms with Gasteiger partial charge in [-0.3, -0.25) is 19.4 Å². The molecule has 2 aliphatic heterocycles. The van der Waals surface area contributed by atoms with Gasteiger partial charge in [-0.05, 0) is 32.3 Å². The third kappa shape index (κ3) is 7.72. The molecule has 0 aromatic carbocycles. The van der Waals surface area contributed by atoms with E-state index in [2.05, 4.69) is 32.0 Å². The SMILES string of the molecule is CCNC(=NCCn1cc(C)cn1)N1CCN(CC(=O)N2CCCCCC2)CC1.I. The molecule has 0 saturated carbocycles. The average Bonchev–Trinajstić information content (AvgIpc) is 2.96. The number of piperazine rings is 1. The van der Waals surface area contributed by atoms with Gasteiger partial charge < -0.3 is 15.1 Å². The third-order valence-electron chi connectivity index (χ3n) is 5.68. The molecule has 30 heavy (non-hydrogen) atoms. The number of amides is 1. The van der Waals surface area contributed by atoms with Gasteiger partial charge in [0.15, 0.2) is 5.96 Å². The van der Waals surface area contributed by atoms with Gasteiger partial charge in [0.1, 0.15) is 0 Å². The van der Waals surface area contributed by atoms with Crippen molar-refractivity contribution in [1.82, 2.24) is 29.8 Å². The van der Waals surface area contributed by atoms with Gasteiger partial charge in [-0.1, -0.05) is 12.8 Å². The molecule has 0 unspecified atom stereocenters. The smallest absolute Gasteiger partial charge is 0.236 e. The van der Waals surface area contributed by atoms with E-state index >= 15 is 0 Å². The third-order valence-corrected chi connectivity index (χ3v) is 5.68. The first-order chi connectivity index (χ1) is 14.2. The fraction of sp³-hybridized carbons (Fsp3) is 0.762. The van der Waals surface area contributed by atoms with E-state index in [1.165, 1.54) is 18.4 Å². The Morgan fingerprint density at radius 3 is 2.37 bits per heavy atom. The molecular weight excluding hydrogens is 493 g/mol. The molecule has 8 nitrogen and oxygen atoms in total. The molecule has 2 saturated heterocycles. The normalized spacial score (nSPS) is 18.7. The van der Waals surface area contributed by atoms with Crippen LogP contribution in [0.2, 0.25) is 0 Å². The topological polar surface area (TPSA) is 69.0 Å². The average molecular weight is 531 g/mol. The Hall–Kier alpha value is -1.36. The highest BCUT2D eigenvalue weighted by molar-refractivity contribution is 14.0. The predicted molar refractivity (Wildman–Crippen MR) is 131 cm³/mol. The molecule has 1 aromatic heterocycles. The summed E-state index contributed by atoms with van der Waals surface area (Å²) in [5.74, 6) is 1.27. The van der Waals surface area contributed by atoms with Crippen LogP contribution in [0.25, 0.3) is 0 Å². The number of aromatic nitrogens is 2. The van der Waals surface area contributed by atoms with E-state index in [1.807, 2.05) is 24.0 Å². The van der Waals surface area contributed by atoms with Crippen LogP contribution in [0.4, 0.5) is 0 Å². The lowest BCUT2D eigenvalue weighted by molar-refractivity contribution is -0.132. The number of nitrogens with one attached hydrogen (secondary N) is 1. The van der Waals surface area contributed by atoms with E-state index in [9.17, 15) is 4.79 Å². The number of aryl methyl sites for hydroxylation is 1. The van der Waals surface area contributed by atoms with Gasteiger partial charge in [0.25, 0.3) is 0 Å². The number of hydrogen-bond donors (Lipinski definition) is 1. The Morgan fingerprint density at radius 2 is 1.77 bits per heavy atom. The first kappa shape index (κ1) is 24.9. The van der Waals surface area contributed by atoms with E-state index in [4.69, 9.17) is 4.99 Å². The minimum atomic E-state index is 0. The van der Waals surface area contributed by atoms with Crippen LogP contribution in [0.3, 0.4) is 0 Å². The first-order valence-corrected chi connectivity index (χ1v) is 11.2. The van der Waals surface area contributed by atoms with Crippen molar-refractivity contribution in [2.75, 3.05) is 58.9 Å². The monoisotopic (exact) mass is 531 g/mol. The largest absolute Gasteiger partial charge is 0.357 e. The quantitative estimate of drug-likeness (QED) is 0.345. The van der Waals surface area contributed by atoms with Gasteiger partial charge in [0, 0.05) is 52.0 Å². The summed E-state index contributed by atoms with van der Waals surface area (Å²) in [7, 11) is 0. The number of carbonyl (C=O) groups is 1. The van der Waals surface area contributed by atoms with E-state index < -0.39 is 0 Å². The molecule has 0 atom stereocenters. The van der Waals surface area contributed by atoms with Crippen molar-refractivity contribution >= 4 is 35.8 Å². The number of likely N-dealkylation sites (tertiary alicyclic amines) is 1. The van der Waals surface area contributed by atoms with Crippen molar-refractivity contribution in [2.45, 2.75) is 46.1 Å². The second-order valence-electron chi connectivity index (χ2n) is 8.07. The summed E-state index contributed by atoms with van der Waals surface area (Å²) < 4.78 is 1.94. The van der Waals surface area contributed by atoms with Crippen LogP contribution in [0.15, 0.2) is 17.4 Å². The van der Waals surface area contributed by atoms with Crippen LogP contribution in [-0.4, -0.2) is 95.2 Å². The number of hydrogen-bond acceptors (Lipinski definition) is 4. The second-order valence-corrected chi connectivity index (χ2v) is 8.07. The Labute approximate surface area is 198 Å². The summed E-state index contributed by atoms with van der Waals surface area (Å²) in [6.45, 7) is 12.5. The number of aliphatic imine (C=N–C) groups is 1. The summed E-state index contributed by atoms with van der Waals surface area (Å²) in [6.07, 6.45) is 8.74. The molecule has 3 rings (SSSR count). The highest BCUT2D eigenvalue weighted by Gasteiger charge is 2.23. The zero-order valence-electron chi connectivity index (χ0n) is 18.6. The van der Waals surface area contributed by atoms with E-state index in [0.29, 0.717) is 19.0 Å². The number of halogens is 1. The zero-order chi connectivity index (χ0) is 20.5. The lowest BCUT2D eigenvalue weighted by atomic mass is 10.2. The molecule has 1 aromatic rings. The standard InChI is InChI=1S/C21H37N7O.HI/c1-3-22-21(23-8-11-28-17-19(2)16-24-28)27-14-12-25(13-15-27)18-20(29)26-9-6-4-5-7-10-26;/h16-17H,3-15,18H2,1-2H3,(H,22,23);1H. The molecule has 170 valence electrons. The minimum Gasteiger partial charge on any atom is -0.357 e. The maximum Gasteiger partial charge on any atom is 0.236 e. The van der Waals surface area contributed by atoms with Crippen molar-refractivity contribution in [2.24, 2.45) is 4.99 Å². The Morgan fingerprint density at radius 1 is 1.07 bits per heavy atom. The maximum absolute atomic E-state index is 12.6. The van der Waals surface area contributed by atoms with Crippen LogP contribution < -0.4 is 5.32 Å².